The van der Waals surface area contributed by atoms with Crippen LogP contribution < -0.4 is 4.57 Å². The van der Waals surface area contributed by atoms with Crippen LogP contribution in [0.25, 0.3) is 10.8 Å². The second-order valence-electron chi connectivity index (χ2n) is 5.22. The molecule has 0 spiro atoms. The molecule has 96 valence electrons. The highest BCUT2D eigenvalue weighted by atomic mass is 16.3. The lowest BCUT2D eigenvalue weighted by molar-refractivity contribution is -0.727. The van der Waals surface area contributed by atoms with Gasteiger partial charge in [-0.1, -0.05) is 32.0 Å². The highest BCUT2D eigenvalue weighted by Crippen LogP contribution is 2.35. The van der Waals surface area contributed by atoms with Crippen LogP contribution in [0, 0.1) is 0 Å². The molecule has 1 aromatic carbocycles. The third kappa shape index (κ3) is 1.80. The summed E-state index contributed by atoms with van der Waals surface area (Å²) in [6.07, 6.45) is 0. The average Bonchev–Trinajstić information content (AvgIpc) is 2.32. The van der Waals surface area contributed by atoms with Crippen LogP contribution in [0.4, 0.5) is 0 Å². The summed E-state index contributed by atoms with van der Waals surface area (Å²) in [5, 5.41) is 22.0. The first-order valence-corrected chi connectivity index (χ1v) is 6.33. The number of aromatic hydroxyl groups is 2. The zero-order chi connectivity index (χ0) is 13.4. The third-order valence-electron chi connectivity index (χ3n) is 3.22. The molecule has 18 heavy (non-hydrogen) atoms. The van der Waals surface area contributed by atoms with Crippen molar-refractivity contribution < 1.29 is 14.8 Å². The van der Waals surface area contributed by atoms with E-state index in [1.165, 1.54) is 0 Å². The molecule has 2 N–H and O–H groups in total. The minimum Gasteiger partial charge on any atom is -0.499 e. The summed E-state index contributed by atoms with van der Waals surface area (Å²) >= 11 is 0. The van der Waals surface area contributed by atoms with Crippen molar-refractivity contribution in [3.63, 3.8) is 0 Å². The number of fused-ring (bicyclic) bond motifs is 1. The monoisotopic (exact) mass is 246 g/mol. The van der Waals surface area contributed by atoms with Crippen LogP contribution in [-0.2, 0) is 0 Å². The first kappa shape index (κ1) is 12.7. The third-order valence-corrected chi connectivity index (χ3v) is 3.22. The summed E-state index contributed by atoms with van der Waals surface area (Å²) < 4.78 is 1.81. The fourth-order valence-electron chi connectivity index (χ4n) is 2.50. The van der Waals surface area contributed by atoms with E-state index < -0.39 is 0 Å². The van der Waals surface area contributed by atoms with Gasteiger partial charge < -0.3 is 10.2 Å². The molecule has 0 saturated carbocycles. The van der Waals surface area contributed by atoms with Gasteiger partial charge in [0.25, 0.3) is 0 Å². The molecule has 0 radical (unpaired) electrons. The van der Waals surface area contributed by atoms with Crippen molar-refractivity contribution in [1.29, 1.82) is 0 Å². The molecule has 0 bridgehead atoms. The summed E-state index contributed by atoms with van der Waals surface area (Å²) in [6.45, 7) is 8.19. The van der Waals surface area contributed by atoms with E-state index in [9.17, 15) is 10.2 Å². The Hall–Kier alpha value is -1.77. The maximum absolute atomic E-state index is 10.2. The van der Waals surface area contributed by atoms with Gasteiger partial charge in [-0.15, -0.1) is 0 Å². The van der Waals surface area contributed by atoms with Crippen LogP contribution in [0.15, 0.2) is 24.3 Å². The van der Waals surface area contributed by atoms with Crippen molar-refractivity contribution in [1.82, 2.24) is 0 Å². The van der Waals surface area contributed by atoms with Crippen molar-refractivity contribution in [2.24, 2.45) is 0 Å². The van der Waals surface area contributed by atoms with E-state index in [0.717, 1.165) is 11.1 Å². The average molecular weight is 246 g/mol. The van der Waals surface area contributed by atoms with E-state index >= 15 is 0 Å². The lowest BCUT2D eigenvalue weighted by atomic mass is 10.00. The summed E-state index contributed by atoms with van der Waals surface area (Å²) in [4.78, 5) is 0. The molecule has 0 aliphatic heterocycles. The molecule has 1 heterocycles. The van der Waals surface area contributed by atoms with Crippen LogP contribution in [-0.4, -0.2) is 10.2 Å². The molecule has 0 aliphatic rings. The van der Waals surface area contributed by atoms with Gasteiger partial charge in [0.15, 0.2) is 11.7 Å². The second-order valence-corrected chi connectivity index (χ2v) is 5.22. The van der Waals surface area contributed by atoms with Crippen LogP contribution in [0.1, 0.15) is 45.3 Å². The largest absolute Gasteiger partial charge is 0.499 e. The van der Waals surface area contributed by atoms with E-state index in [-0.39, 0.29) is 23.6 Å². The van der Waals surface area contributed by atoms with E-state index in [4.69, 9.17) is 0 Å². The van der Waals surface area contributed by atoms with Gasteiger partial charge in [-0.05, 0) is 19.9 Å². The quantitative estimate of drug-likeness (QED) is 0.799. The lowest BCUT2D eigenvalue weighted by Gasteiger charge is -2.15. The van der Waals surface area contributed by atoms with E-state index in [1.807, 2.05) is 42.7 Å². The Labute approximate surface area is 107 Å². The topological polar surface area (TPSA) is 44.3 Å². The Kier molecular flexibility index (Phi) is 3.16. The molecule has 0 unspecified atom stereocenters. The summed E-state index contributed by atoms with van der Waals surface area (Å²) in [7, 11) is 0. The van der Waals surface area contributed by atoms with Gasteiger partial charge in [0.1, 0.15) is 0 Å². The van der Waals surface area contributed by atoms with Gasteiger partial charge in [-0.2, -0.15) is 4.57 Å². The Balaban J connectivity index is 2.98. The fraction of sp³-hybridized carbons (Fsp3) is 0.400. The Morgan fingerprint density at radius 3 is 2.00 bits per heavy atom. The SMILES string of the molecule is CC(C)c1c2ccccc2c(O)c(O)[n+]1C(C)C. The van der Waals surface area contributed by atoms with E-state index in [1.54, 1.807) is 0 Å². The van der Waals surface area contributed by atoms with Gasteiger partial charge in [-0.25, -0.2) is 0 Å². The number of pyridine rings is 1. The van der Waals surface area contributed by atoms with Crippen molar-refractivity contribution in [3.05, 3.63) is 30.0 Å². The number of nitrogens with zero attached hydrogens (tertiary/aromatic N) is 1. The minimum atomic E-state index is -0.0487. The molecule has 0 aliphatic carbocycles. The predicted octanol–water partition coefficient (Wildman–Crippen LogP) is 3.24. The Morgan fingerprint density at radius 1 is 0.944 bits per heavy atom. The Bertz CT molecular complexity index is 589. The number of rotatable bonds is 2. The van der Waals surface area contributed by atoms with Crippen LogP contribution in [0.5, 0.6) is 11.6 Å². The molecule has 0 fully saturated rings. The van der Waals surface area contributed by atoms with Gasteiger partial charge in [0, 0.05) is 11.3 Å². The number of hydrogen-bond donors (Lipinski definition) is 2. The maximum Gasteiger partial charge on any atom is 0.409 e. The normalized spacial score (nSPS) is 11.7. The molecular formula is C15H20NO2+. The fourth-order valence-corrected chi connectivity index (χ4v) is 2.50. The molecule has 3 nitrogen and oxygen atoms in total. The molecule has 2 aromatic rings. The van der Waals surface area contributed by atoms with Crippen molar-refractivity contribution in [2.45, 2.75) is 39.7 Å². The molecule has 0 amide bonds. The number of benzene rings is 1. The second kappa shape index (κ2) is 4.48. The van der Waals surface area contributed by atoms with Crippen molar-refractivity contribution in [3.8, 4) is 11.6 Å². The van der Waals surface area contributed by atoms with Gasteiger partial charge in [0.2, 0.25) is 5.75 Å². The molecule has 0 atom stereocenters. The van der Waals surface area contributed by atoms with Gasteiger partial charge in [0.05, 0.1) is 5.39 Å². The first-order valence-electron chi connectivity index (χ1n) is 6.33. The number of aromatic nitrogens is 1. The zero-order valence-corrected chi connectivity index (χ0v) is 11.3. The van der Waals surface area contributed by atoms with Gasteiger partial charge in [-0.3, -0.25) is 0 Å². The molecule has 0 saturated heterocycles. The summed E-state index contributed by atoms with van der Waals surface area (Å²) in [6, 6.07) is 7.74. The minimum absolute atomic E-state index is 0.0382. The zero-order valence-electron chi connectivity index (χ0n) is 11.3. The molecular weight excluding hydrogens is 226 g/mol. The highest BCUT2D eigenvalue weighted by Gasteiger charge is 2.29. The summed E-state index contributed by atoms with van der Waals surface area (Å²) in [5.41, 5.74) is 1.05. The lowest BCUT2D eigenvalue weighted by Crippen LogP contribution is -2.41. The number of hydrogen-bond acceptors (Lipinski definition) is 2. The van der Waals surface area contributed by atoms with E-state index in [2.05, 4.69) is 13.8 Å². The maximum atomic E-state index is 10.2. The standard InChI is InChI=1S/C15H19NO2/c1-9(2)13-11-7-5-6-8-12(11)14(17)15(18)16(13)10(3)4/h5-10,17H,1-4H3/p+1. The van der Waals surface area contributed by atoms with E-state index in [0.29, 0.717) is 5.39 Å². The van der Waals surface area contributed by atoms with Gasteiger partial charge >= 0.3 is 5.88 Å². The Morgan fingerprint density at radius 2 is 1.50 bits per heavy atom. The highest BCUT2D eigenvalue weighted by molar-refractivity contribution is 5.90. The first-order chi connectivity index (χ1) is 8.45. The smallest absolute Gasteiger partial charge is 0.409 e. The summed E-state index contributed by atoms with van der Waals surface area (Å²) in [5.74, 6) is 0.180. The van der Waals surface area contributed by atoms with Crippen LogP contribution in [0.3, 0.4) is 0 Å². The van der Waals surface area contributed by atoms with Crippen LogP contribution in [0.2, 0.25) is 0 Å². The predicted molar refractivity (Wildman–Crippen MR) is 71.9 cm³/mol. The molecule has 2 rings (SSSR count). The van der Waals surface area contributed by atoms with Crippen molar-refractivity contribution in [2.75, 3.05) is 0 Å². The molecule has 1 aromatic heterocycles. The molecule has 3 heteroatoms. The van der Waals surface area contributed by atoms with Crippen molar-refractivity contribution >= 4 is 10.8 Å². The van der Waals surface area contributed by atoms with Crippen LogP contribution >= 0.6 is 0 Å².